The standard InChI is InChI=1S/C20H24ClN3O5/c1-19-17(20(2,28-26-19)29-27-19)6-7-18(25)24-10-3-9-22-15-8-11-23-16-12-13(21)4-5-14(15)16/h4-5,8,11-12,17H,3,6-7,9-10H2,1-2H3,(H,22,23)(H,24,25). The largest absolute Gasteiger partial charge is 0.384 e. The molecule has 2 bridgehead atoms. The van der Waals surface area contributed by atoms with E-state index in [1.165, 1.54) is 0 Å². The van der Waals surface area contributed by atoms with E-state index < -0.39 is 11.6 Å². The molecule has 0 unspecified atom stereocenters. The van der Waals surface area contributed by atoms with Gasteiger partial charge in [0.25, 0.3) is 0 Å². The minimum Gasteiger partial charge on any atom is -0.384 e. The molecule has 2 saturated heterocycles. The van der Waals surface area contributed by atoms with Gasteiger partial charge in [-0.3, -0.25) is 9.78 Å². The maximum atomic E-state index is 12.2. The zero-order valence-corrected chi connectivity index (χ0v) is 17.1. The molecule has 9 heteroatoms. The highest BCUT2D eigenvalue weighted by Crippen LogP contribution is 2.51. The third kappa shape index (κ3) is 4.17. The first-order valence-corrected chi connectivity index (χ1v) is 10.1. The predicted octanol–water partition coefficient (Wildman–Crippen LogP) is 3.56. The molecule has 0 saturated carbocycles. The van der Waals surface area contributed by atoms with Crippen molar-refractivity contribution in [2.75, 3.05) is 18.4 Å². The first-order chi connectivity index (χ1) is 13.9. The number of nitrogens with one attached hydrogen (secondary N) is 2. The van der Waals surface area contributed by atoms with Crippen molar-refractivity contribution in [3.8, 4) is 0 Å². The van der Waals surface area contributed by atoms with Crippen LogP contribution in [0.1, 0.15) is 33.1 Å². The third-order valence-corrected chi connectivity index (χ3v) is 5.60. The van der Waals surface area contributed by atoms with Crippen molar-refractivity contribution in [1.82, 2.24) is 10.3 Å². The summed E-state index contributed by atoms with van der Waals surface area (Å²) >= 11 is 6.02. The number of rotatable bonds is 8. The number of hydrogen-bond acceptors (Lipinski definition) is 7. The molecule has 2 aliphatic heterocycles. The summed E-state index contributed by atoms with van der Waals surface area (Å²) in [7, 11) is 0. The summed E-state index contributed by atoms with van der Waals surface area (Å²) in [6, 6.07) is 7.57. The van der Waals surface area contributed by atoms with Gasteiger partial charge >= 0.3 is 0 Å². The fraction of sp³-hybridized carbons (Fsp3) is 0.500. The van der Waals surface area contributed by atoms with Crippen molar-refractivity contribution in [3.63, 3.8) is 0 Å². The van der Waals surface area contributed by atoms with Crippen LogP contribution >= 0.6 is 11.6 Å². The second-order valence-electron chi connectivity index (χ2n) is 7.61. The zero-order valence-electron chi connectivity index (χ0n) is 16.4. The molecule has 2 aliphatic rings. The lowest BCUT2D eigenvalue weighted by Gasteiger charge is -2.20. The summed E-state index contributed by atoms with van der Waals surface area (Å²) < 4.78 is 0. The number of hydrogen-bond donors (Lipinski definition) is 2. The number of halogens is 1. The van der Waals surface area contributed by atoms with Gasteiger partial charge in [0.2, 0.25) is 17.5 Å². The lowest BCUT2D eigenvalue weighted by atomic mass is 9.89. The molecule has 0 radical (unpaired) electrons. The highest BCUT2D eigenvalue weighted by molar-refractivity contribution is 6.31. The van der Waals surface area contributed by atoms with E-state index >= 15 is 0 Å². The summed E-state index contributed by atoms with van der Waals surface area (Å²) in [6.45, 7) is 4.80. The second-order valence-corrected chi connectivity index (χ2v) is 8.04. The van der Waals surface area contributed by atoms with Crippen LogP contribution in [0.5, 0.6) is 0 Å². The Kier molecular flexibility index (Phi) is 5.63. The molecule has 1 amide bonds. The highest BCUT2D eigenvalue weighted by atomic mass is 35.5. The fourth-order valence-corrected chi connectivity index (χ4v) is 3.94. The molecule has 2 N–H and O–H groups in total. The van der Waals surface area contributed by atoms with Crippen molar-refractivity contribution in [3.05, 3.63) is 35.5 Å². The molecule has 0 aliphatic carbocycles. The minimum atomic E-state index is -0.962. The van der Waals surface area contributed by atoms with Crippen LogP contribution in [-0.2, 0) is 24.3 Å². The molecular formula is C20H24ClN3O5. The summed E-state index contributed by atoms with van der Waals surface area (Å²) in [4.78, 5) is 37.2. The van der Waals surface area contributed by atoms with Gasteiger partial charge in [0.05, 0.1) is 11.4 Å². The summed E-state index contributed by atoms with van der Waals surface area (Å²) in [5.41, 5.74) is 1.84. The van der Waals surface area contributed by atoms with Crippen LogP contribution in [0.15, 0.2) is 30.5 Å². The van der Waals surface area contributed by atoms with E-state index in [2.05, 4.69) is 15.6 Å². The molecule has 3 heterocycles. The number of pyridine rings is 1. The number of carbonyl (C=O) groups is 1. The predicted molar refractivity (Wildman–Crippen MR) is 107 cm³/mol. The Morgan fingerprint density at radius 2 is 1.86 bits per heavy atom. The molecule has 4 rings (SSSR count). The van der Waals surface area contributed by atoms with Crippen LogP contribution in [0, 0.1) is 5.92 Å². The van der Waals surface area contributed by atoms with E-state index in [1.807, 2.05) is 24.3 Å². The number of fused-ring (bicyclic) bond motifs is 3. The smallest absolute Gasteiger partial charge is 0.239 e. The average molecular weight is 422 g/mol. The van der Waals surface area contributed by atoms with Crippen molar-refractivity contribution >= 4 is 34.1 Å². The maximum Gasteiger partial charge on any atom is 0.239 e. The van der Waals surface area contributed by atoms with Crippen LogP contribution in [-0.4, -0.2) is 35.6 Å². The molecule has 2 aromatic rings. The van der Waals surface area contributed by atoms with Gasteiger partial charge in [-0.1, -0.05) is 11.6 Å². The quantitative estimate of drug-likeness (QED) is 0.497. The van der Waals surface area contributed by atoms with Gasteiger partial charge in [-0.25, -0.2) is 0 Å². The van der Waals surface area contributed by atoms with Crippen LogP contribution < -0.4 is 10.6 Å². The Hall–Kier alpha value is -1.97. The molecule has 0 spiro atoms. The van der Waals surface area contributed by atoms with E-state index in [1.54, 1.807) is 20.0 Å². The van der Waals surface area contributed by atoms with Gasteiger partial charge in [-0.2, -0.15) is 19.6 Å². The number of anilines is 1. The SMILES string of the molecule is CC12OOC(C)(OO1)C2CCC(=O)NCCCNc1ccnc2cc(Cl)ccc12. The van der Waals surface area contributed by atoms with Crippen LogP contribution in [0.3, 0.4) is 0 Å². The van der Waals surface area contributed by atoms with E-state index in [9.17, 15) is 4.79 Å². The topological polar surface area (TPSA) is 90.9 Å². The number of amides is 1. The van der Waals surface area contributed by atoms with Crippen molar-refractivity contribution in [2.45, 2.75) is 44.7 Å². The molecule has 1 aromatic carbocycles. The minimum absolute atomic E-state index is 0.0208. The number of carbonyl (C=O) groups excluding carboxylic acids is 1. The number of benzene rings is 1. The molecule has 156 valence electrons. The second kappa shape index (κ2) is 8.04. The summed E-state index contributed by atoms with van der Waals surface area (Å²) in [5.74, 6) is -2.11. The van der Waals surface area contributed by atoms with Crippen molar-refractivity contribution in [2.24, 2.45) is 5.92 Å². The first kappa shape index (κ1) is 20.3. The van der Waals surface area contributed by atoms with Crippen molar-refractivity contribution in [1.29, 1.82) is 0 Å². The average Bonchev–Trinajstić information content (AvgIpc) is 3.10. The summed E-state index contributed by atoms with van der Waals surface area (Å²) in [6.07, 6.45) is 3.43. The Labute approximate surface area is 173 Å². The third-order valence-electron chi connectivity index (χ3n) is 5.37. The Balaban J connectivity index is 1.18. The fourth-order valence-electron chi connectivity index (χ4n) is 3.77. The van der Waals surface area contributed by atoms with E-state index in [-0.39, 0.29) is 11.8 Å². The molecule has 2 fully saturated rings. The van der Waals surface area contributed by atoms with Crippen LogP contribution in [0.25, 0.3) is 10.9 Å². The Morgan fingerprint density at radius 3 is 2.59 bits per heavy atom. The van der Waals surface area contributed by atoms with Crippen molar-refractivity contribution < 1.29 is 24.3 Å². The maximum absolute atomic E-state index is 12.2. The normalized spacial score (nSPS) is 28.0. The summed E-state index contributed by atoms with van der Waals surface area (Å²) in [5, 5.41) is 8.01. The molecule has 8 nitrogen and oxygen atoms in total. The Morgan fingerprint density at radius 1 is 1.14 bits per heavy atom. The van der Waals surface area contributed by atoms with Crippen LogP contribution in [0.2, 0.25) is 5.02 Å². The zero-order chi connectivity index (χ0) is 20.5. The van der Waals surface area contributed by atoms with E-state index in [4.69, 9.17) is 31.2 Å². The van der Waals surface area contributed by atoms with Crippen LogP contribution in [0.4, 0.5) is 5.69 Å². The molecule has 1 aromatic heterocycles. The lowest BCUT2D eigenvalue weighted by molar-refractivity contribution is -0.583. The number of aromatic nitrogens is 1. The Bertz CT molecular complexity index is 883. The van der Waals surface area contributed by atoms with Gasteiger partial charge in [0.15, 0.2) is 0 Å². The van der Waals surface area contributed by atoms with E-state index in [0.29, 0.717) is 24.4 Å². The van der Waals surface area contributed by atoms with Gasteiger partial charge in [0, 0.05) is 41.8 Å². The molecule has 0 atom stereocenters. The van der Waals surface area contributed by atoms with Gasteiger partial charge in [-0.05, 0) is 51.0 Å². The van der Waals surface area contributed by atoms with E-state index in [0.717, 1.165) is 29.6 Å². The molecule has 29 heavy (non-hydrogen) atoms. The first-order valence-electron chi connectivity index (χ1n) is 9.68. The number of nitrogens with zero attached hydrogens (tertiary/aromatic N) is 1. The highest BCUT2D eigenvalue weighted by Gasteiger charge is 2.65. The van der Waals surface area contributed by atoms with Gasteiger partial charge < -0.3 is 10.6 Å². The van der Waals surface area contributed by atoms with Gasteiger partial charge in [-0.15, -0.1) is 0 Å². The lowest BCUT2D eigenvalue weighted by Crippen LogP contribution is -2.35. The monoisotopic (exact) mass is 421 g/mol. The molecular weight excluding hydrogens is 398 g/mol. The van der Waals surface area contributed by atoms with Gasteiger partial charge in [0.1, 0.15) is 0 Å².